The molecular formula is C19H22ClN5OS. The Morgan fingerprint density at radius 1 is 1.33 bits per heavy atom. The van der Waals surface area contributed by atoms with Crippen LogP contribution in [0.2, 0.25) is 5.02 Å². The Kier molecular flexibility index (Phi) is 5.37. The Balaban J connectivity index is 2.29. The summed E-state index contributed by atoms with van der Waals surface area (Å²) in [6.45, 7) is 5.76. The number of amides is 1. The number of carbonyl (C=O) groups is 1. The van der Waals surface area contributed by atoms with Gasteiger partial charge in [-0.15, -0.1) is 11.3 Å². The van der Waals surface area contributed by atoms with Gasteiger partial charge in [-0.3, -0.25) is 15.2 Å². The summed E-state index contributed by atoms with van der Waals surface area (Å²) in [5, 5.41) is 9.77. The maximum Gasteiger partial charge on any atom is 0.219 e. The van der Waals surface area contributed by atoms with E-state index in [1.165, 1.54) is 0 Å². The van der Waals surface area contributed by atoms with E-state index in [4.69, 9.17) is 33.5 Å². The van der Waals surface area contributed by atoms with Crippen molar-refractivity contribution in [2.75, 3.05) is 4.90 Å². The molecule has 0 saturated carbocycles. The molecule has 0 fully saturated rings. The number of carbonyl (C=O) groups excluding carboxylic acids is 1. The molecule has 3 rings (SSSR count). The molecule has 5 N–H and O–H groups in total. The van der Waals surface area contributed by atoms with Gasteiger partial charge in [0.25, 0.3) is 0 Å². The molecule has 0 bridgehead atoms. The smallest absolute Gasteiger partial charge is 0.219 e. The van der Waals surface area contributed by atoms with E-state index in [-0.39, 0.29) is 6.42 Å². The van der Waals surface area contributed by atoms with E-state index in [1.54, 1.807) is 35.3 Å². The van der Waals surface area contributed by atoms with Gasteiger partial charge in [0.1, 0.15) is 11.2 Å². The summed E-state index contributed by atoms with van der Waals surface area (Å²) in [6, 6.07) is 6.85. The second-order valence-electron chi connectivity index (χ2n) is 6.63. The number of aryl methyl sites for hydroxylation is 1. The van der Waals surface area contributed by atoms with Crippen LogP contribution in [0.3, 0.4) is 0 Å². The molecule has 2 aromatic rings. The number of hydrogen-bond acceptors (Lipinski definition) is 5. The predicted molar refractivity (Wildman–Crippen MR) is 112 cm³/mol. The molecule has 2 heterocycles. The van der Waals surface area contributed by atoms with Gasteiger partial charge in [-0.2, -0.15) is 0 Å². The van der Waals surface area contributed by atoms with Gasteiger partial charge in [0.05, 0.1) is 24.0 Å². The molecule has 0 spiro atoms. The van der Waals surface area contributed by atoms with Gasteiger partial charge in [0, 0.05) is 21.0 Å². The first kappa shape index (κ1) is 19.5. The zero-order valence-corrected chi connectivity index (χ0v) is 17.0. The SMILES string of the molecule is CC(=N)N1c2sc(C)c(C)c2C(c2ccc(Cl)cc2)=N[C@@H](CC(N)=O)C1N. The maximum atomic E-state index is 11.6. The molecule has 1 amide bonds. The minimum absolute atomic E-state index is 0.00894. The van der Waals surface area contributed by atoms with Gasteiger partial charge in [0.15, 0.2) is 0 Å². The number of nitrogens with one attached hydrogen (secondary N) is 1. The molecule has 1 aliphatic heterocycles. The van der Waals surface area contributed by atoms with Crippen LogP contribution < -0.4 is 16.4 Å². The molecule has 1 aromatic heterocycles. The number of nitrogens with zero attached hydrogens (tertiary/aromatic N) is 2. The highest BCUT2D eigenvalue weighted by atomic mass is 35.5. The summed E-state index contributed by atoms with van der Waals surface area (Å²) in [7, 11) is 0. The summed E-state index contributed by atoms with van der Waals surface area (Å²) in [4.78, 5) is 19.4. The fourth-order valence-corrected chi connectivity index (χ4v) is 4.63. The summed E-state index contributed by atoms with van der Waals surface area (Å²) in [5.41, 5.74) is 15.6. The quantitative estimate of drug-likeness (QED) is 0.540. The van der Waals surface area contributed by atoms with Gasteiger partial charge in [-0.25, -0.2) is 0 Å². The molecule has 1 aliphatic rings. The van der Waals surface area contributed by atoms with Crippen molar-refractivity contribution in [3.8, 4) is 0 Å². The van der Waals surface area contributed by atoms with Crippen LogP contribution in [0.15, 0.2) is 29.3 Å². The molecule has 8 heteroatoms. The molecule has 0 radical (unpaired) electrons. The van der Waals surface area contributed by atoms with Crippen molar-refractivity contribution in [3.63, 3.8) is 0 Å². The standard InChI is InChI=1S/C19H22ClN5OS/c1-9-10(2)27-19-16(9)17(12-4-6-13(20)7-5-12)24-14(8-15(22)26)18(23)25(19)11(3)21/h4-7,14,18,21H,8,23H2,1-3H3,(H2,22,26)/t14-,18?/m0/s1. The van der Waals surface area contributed by atoms with E-state index in [1.807, 2.05) is 26.0 Å². The normalized spacial score (nSPS) is 19.3. The van der Waals surface area contributed by atoms with Gasteiger partial charge < -0.3 is 16.4 Å². The number of aliphatic imine (C=N–C) groups is 1. The van der Waals surface area contributed by atoms with Crippen molar-refractivity contribution in [3.05, 3.63) is 50.9 Å². The Morgan fingerprint density at radius 2 is 1.96 bits per heavy atom. The number of thiophene rings is 1. The van der Waals surface area contributed by atoms with E-state index in [2.05, 4.69) is 0 Å². The van der Waals surface area contributed by atoms with Crippen LogP contribution in [0.25, 0.3) is 0 Å². The largest absolute Gasteiger partial charge is 0.370 e. The van der Waals surface area contributed by atoms with E-state index in [9.17, 15) is 4.79 Å². The zero-order valence-electron chi connectivity index (χ0n) is 15.4. The minimum Gasteiger partial charge on any atom is -0.370 e. The van der Waals surface area contributed by atoms with Crippen molar-refractivity contribution >= 4 is 45.4 Å². The first-order chi connectivity index (χ1) is 12.7. The topological polar surface area (TPSA) is 109 Å². The average Bonchev–Trinajstić information content (AvgIpc) is 2.80. The number of rotatable bonds is 3. The monoisotopic (exact) mass is 403 g/mol. The number of anilines is 1. The minimum atomic E-state index is -0.656. The Morgan fingerprint density at radius 3 is 2.52 bits per heavy atom. The second-order valence-corrected chi connectivity index (χ2v) is 8.27. The summed E-state index contributed by atoms with van der Waals surface area (Å²) in [6.07, 6.45) is -0.648. The molecule has 27 heavy (non-hydrogen) atoms. The number of fused-ring (bicyclic) bond motifs is 1. The molecule has 142 valence electrons. The van der Waals surface area contributed by atoms with Gasteiger partial charge in [-0.1, -0.05) is 23.7 Å². The third kappa shape index (κ3) is 3.63. The number of halogens is 1. The molecule has 1 aromatic carbocycles. The number of benzene rings is 1. The lowest BCUT2D eigenvalue weighted by Gasteiger charge is -2.31. The van der Waals surface area contributed by atoms with Crippen molar-refractivity contribution in [1.29, 1.82) is 5.41 Å². The highest BCUT2D eigenvalue weighted by Gasteiger charge is 2.35. The van der Waals surface area contributed by atoms with Crippen molar-refractivity contribution < 1.29 is 4.79 Å². The molecule has 2 atom stereocenters. The number of nitrogens with two attached hydrogens (primary N) is 2. The van der Waals surface area contributed by atoms with E-state index in [0.29, 0.717) is 10.9 Å². The molecule has 6 nitrogen and oxygen atoms in total. The van der Waals surface area contributed by atoms with Crippen LogP contribution in [-0.2, 0) is 4.79 Å². The average molecular weight is 404 g/mol. The van der Waals surface area contributed by atoms with Crippen molar-refractivity contribution in [2.24, 2.45) is 16.5 Å². The van der Waals surface area contributed by atoms with Gasteiger partial charge in [0.2, 0.25) is 5.91 Å². The Hall–Kier alpha value is -2.22. The third-order valence-electron chi connectivity index (χ3n) is 4.70. The number of primary amides is 1. The lowest BCUT2D eigenvalue weighted by Crippen LogP contribution is -2.52. The number of amidine groups is 1. The zero-order chi connectivity index (χ0) is 19.9. The van der Waals surface area contributed by atoms with E-state index < -0.39 is 18.1 Å². The van der Waals surface area contributed by atoms with Crippen LogP contribution in [0.5, 0.6) is 0 Å². The number of hydrogen-bond donors (Lipinski definition) is 3. The van der Waals surface area contributed by atoms with Crippen LogP contribution in [0, 0.1) is 19.3 Å². The second kappa shape index (κ2) is 7.42. The summed E-state index contributed by atoms with van der Waals surface area (Å²) < 4.78 is 0. The molecule has 0 saturated heterocycles. The first-order valence-electron chi connectivity index (χ1n) is 8.53. The first-order valence-corrected chi connectivity index (χ1v) is 9.72. The van der Waals surface area contributed by atoms with Crippen LogP contribution in [0.1, 0.15) is 34.9 Å². The van der Waals surface area contributed by atoms with Crippen molar-refractivity contribution in [2.45, 2.75) is 39.4 Å². The summed E-state index contributed by atoms with van der Waals surface area (Å²) in [5.74, 6) is -0.178. The Bertz CT molecular complexity index is 934. The predicted octanol–water partition coefficient (Wildman–Crippen LogP) is 3.20. The fourth-order valence-electron chi connectivity index (χ4n) is 3.25. The Labute approximate surface area is 167 Å². The van der Waals surface area contributed by atoms with Crippen LogP contribution in [0.4, 0.5) is 5.00 Å². The third-order valence-corrected chi connectivity index (χ3v) is 6.16. The van der Waals surface area contributed by atoms with Gasteiger partial charge >= 0.3 is 0 Å². The van der Waals surface area contributed by atoms with Crippen LogP contribution in [-0.4, -0.2) is 29.7 Å². The van der Waals surface area contributed by atoms with Gasteiger partial charge in [-0.05, 0) is 38.5 Å². The highest BCUT2D eigenvalue weighted by Crippen LogP contribution is 2.40. The maximum absolute atomic E-state index is 11.6. The molecule has 1 unspecified atom stereocenters. The lowest BCUT2D eigenvalue weighted by molar-refractivity contribution is -0.118. The van der Waals surface area contributed by atoms with E-state index >= 15 is 0 Å². The van der Waals surface area contributed by atoms with Crippen LogP contribution >= 0.6 is 22.9 Å². The summed E-state index contributed by atoms with van der Waals surface area (Å²) >= 11 is 7.62. The molecule has 0 aliphatic carbocycles. The fraction of sp³-hybridized carbons (Fsp3) is 0.316. The van der Waals surface area contributed by atoms with E-state index in [0.717, 1.165) is 32.3 Å². The highest BCUT2D eigenvalue weighted by molar-refractivity contribution is 7.17. The molecular weight excluding hydrogens is 382 g/mol. The lowest BCUT2D eigenvalue weighted by atomic mass is 9.99. The van der Waals surface area contributed by atoms with Crippen molar-refractivity contribution in [1.82, 2.24) is 0 Å².